The number of esters is 2. The molecule has 0 bridgehead atoms. The minimum atomic E-state index is -0.540. The fraction of sp³-hybridized carbons (Fsp3) is 0.323. The zero-order valence-electron chi connectivity index (χ0n) is 21.3. The normalized spacial score (nSPS) is 16.2. The van der Waals surface area contributed by atoms with Crippen LogP contribution in [0.5, 0.6) is 0 Å². The summed E-state index contributed by atoms with van der Waals surface area (Å²) in [6.45, 7) is 0.257. The molecule has 3 aromatic rings. The van der Waals surface area contributed by atoms with Crippen LogP contribution in [-0.4, -0.2) is 42.2 Å². The zero-order chi connectivity index (χ0) is 26.7. The molecule has 7 nitrogen and oxygen atoms in total. The maximum Gasteiger partial charge on any atom is 0.313 e. The van der Waals surface area contributed by atoms with Crippen LogP contribution in [0, 0.1) is 0 Å². The molecule has 1 aliphatic carbocycles. The molecule has 0 fully saturated rings. The molecule has 2 N–H and O–H groups in total. The van der Waals surface area contributed by atoms with E-state index in [1.807, 2.05) is 78.9 Å². The van der Waals surface area contributed by atoms with Crippen molar-refractivity contribution in [2.45, 2.75) is 50.7 Å². The van der Waals surface area contributed by atoms with Crippen LogP contribution in [0.1, 0.15) is 48.3 Å². The number of aliphatic hydroxyl groups is 1. The number of benzene rings is 3. The number of aliphatic hydroxyl groups excluding tert-OH is 1. The lowest BCUT2D eigenvalue weighted by Gasteiger charge is -2.31. The van der Waals surface area contributed by atoms with Crippen molar-refractivity contribution in [3.63, 3.8) is 0 Å². The van der Waals surface area contributed by atoms with Gasteiger partial charge in [-0.3, -0.25) is 14.4 Å². The van der Waals surface area contributed by atoms with E-state index < -0.39 is 11.9 Å². The van der Waals surface area contributed by atoms with Gasteiger partial charge in [0.25, 0.3) is 0 Å². The monoisotopic (exact) mass is 515 g/mol. The molecule has 1 amide bonds. The summed E-state index contributed by atoms with van der Waals surface area (Å²) < 4.78 is 10.7. The highest BCUT2D eigenvalue weighted by atomic mass is 16.5. The molecule has 0 heterocycles. The van der Waals surface area contributed by atoms with Gasteiger partial charge in [0.1, 0.15) is 6.61 Å². The predicted molar refractivity (Wildman–Crippen MR) is 143 cm³/mol. The van der Waals surface area contributed by atoms with E-state index in [0.29, 0.717) is 19.3 Å². The standard InChI is InChI=1S/C31H33NO6/c33-16-7-17-37-31(36)28-20-26(18-25-13-12-24(19-27(25)28)23-10-5-2-6-11-23)32-29(34)14-15-30(35)38-21-22-8-3-1-4-9-22/h1-6,8-13,19,26,28,33H,7,14-18,20-21H2,(H,32,34)/t26-,28+/m1/s1. The molecule has 3 aromatic carbocycles. The van der Waals surface area contributed by atoms with Crippen molar-refractivity contribution in [2.75, 3.05) is 13.2 Å². The number of ether oxygens (including phenoxy) is 2. The second-order valence-corrected chi connectivity index (χ2v) is 9.43. The van der Waals surface area contributed by atoms with Crippen molar-refractivity contribution in [3.05, 3.63) is 95.6 Å². The second kappa shape index (κ2) is 13.5. The first-order chi connectivity index (χ1) is 18.5. The summed E-state index contributed by atoms with van der Waals surface area (Å²) in [7, 11) is 0. The first-order valence-corrected chi connectivity index (χ1v) is 13.0. The van der Waals surface area contributed by atoms with E-state index in [2.05, 4.69) is 5.32 Å². The van der Waals surface area contributed by atoms with E-state index in [1.165, 1.54) is 0 Å². The van der Waals surface area contributed by atoms with Crippen LogP contribution in [0.3, 0.4) is 0 Å². The Labute approximate surface area is 222 Å². The fourth-order valence-corrected chi connectivity index (χ4v) is 4.67. The van der Waals surface area contributed by atoms with E-state index in [0.717, 1.165) is 27.8 Å². The number of fused-ring (bicyclic) bond motifs is 1. The second-order valence-electron chi connectivity index (χ2n) is 9.43. The number of hydrogen-bond acceptors (Lipinski definition) is 6. The lowest BCUT2D eigenvalue weighted by Crippen LogP contribution is -2.41. The highest BCUT2D eigenvalue weighted by Gasteiger charge is 2.34. The Kier molecular flexibility index (Phi) is 9.65. The summed E-state index contributed by atoms with van der Waals surface area (Å²) in [5, 5.41) is 12.1. The molecule has 38 heavy (non-hydrogen) atoms. The summed E-state index contributed by atoms with van der Waals surface area (Å²) in [5.74, 6) is -1.60. The lowest BCUT2D eigenvalue weighted by molar-refractivity contribution is -0.146. The van der Waals surface area contributed by atoms with Gasteiger partial charge >= 0.3 is 11.9 Å². The maximum absolute atomic E-state index is 13.0. The van der Waals surface area contributed by atoms with Crippen LogP contribution >= 0.6 is 0 Å². The molecule has 0 spiro atoms. The molecule has 0 radical (unpaired) electrons. The minimum Gasteiger partial charge on any atom is -0.465 e. The summed E-state index contributed by atoms with van der Waals surface area (Å²) in [6, 6.07) is 25.1. The van der Waals surface area contributed by atoms with Crippen molar-refractivity contribution in [1.82, 2.24) is 5.32 Å². The minimum absolute atomic E-state index is 0.00946. The van der Waals surface area contributed by atoms with Gasteiger partial charge in [-0.1, -0.05) is 78.9 Å². The molecule has 1 aliphatic rings. The number of carbonyl (C=O) groups excluding carboxylic acids is 3. The number of rotatable bonds is 11. The predicted octanol–water partition coefficient (Wildman–Crippen LogP) is 4.32. The fourth-order valence-electron chi connectivity index (χ4n) is 4.67. The van der Waals surface area contributed by atoms with Crippen LogP contribution in [-0.2, 0) is 36.9 Å². The van der Waals surface area contributed by atoms with Crippen LogP contribution in [0.4, 0.5) is 0 Å². The third-order valence-electron chi connectivity index (χ3n) is 6.61. The third kappa shape index (κ3) is 7.52. The lowest BCUT2D eigenvalue weighted by atomic mass is 9.78. The van der Waals surface area contributed by atoms with Gasteiger partial charge in [-0.15, -0.1) is 0 Å². The Bertz CT molecular complexity index is 1230. The molecule has 0 saturated carbocycles. The van der Waals surface area contributed by atoms with Gasteiger partial charge in [0, 0.05) is 25.5 Å². The molecule has 4 rings (SSSR count). The molecule has 0 saturated heterocycles. The molecule has 198 valence electrons. The van der Waals surface area contributed by atoms with Crippen molar-refractivity contribution in [3.8, 4) is 11.1 Å². The topological polar surface area (TPSA) is 102 Å². The Hall–Kier alpha value is -3.97. The highest BCUT2D eigenvalue weighted by molar-refractivity contribution is 5.83. The van der Waals surface area contributed by atoms with E-state index in [9.17, 15) is 14.4 Å². The van der Waals surface area contributed by atoms with Gasteiger partial charge in [-0.2, -0.15) is 0 Å². The van der Waals surface area contributed by atoms with Crippen molar-refractivity contribution >= 4 is 17.8 Å². The zero-order valence-corrected chi connectivity index (χ0v) is 21.3. The number of nitrogens with one attached hydrogen (secondary N) is 1. The Morgan fingerprint density at radius 2 is 1.61 bits per heavy atom. The van der Waals surface area contributed by atoms with Crippen LogP contribution in [0.25, 0.3) is 11.1 Å². The Balaban J connectivity index is 1.39. The van der Waals surface area contributed by atoms with E-state index in [-0.39, 0.29) is 50.6 Å². The molecule has 7 heteroatoms. The smallest absolute Gasteiger partial charge is 0.313 e. The molecule has 2 atom stereocenters. The molecular formula is C31H33NO6. The Morgan fingerprint density at radius 1 is 0.868 bits per heavy atom. The summed E-state index contributed by atoms with van der Waals surface area (Å²) in [5.41, 5.74) is 4.83. The van der Waals surface area contributed by atoms with Crippen LogP contribution in [0.2, 0.25) is 0 Å². The van der Waals surface area contributed by atoms with Crippen molar-refractivity contribution in [1.29, 1.82) is 0 Å². The quantitative estimate of drug-likeness (QED) is 0.291. The molecule has 0 aromatic heterocycles. The van der Waals surface area contributed by atoms with Gasteiger partial charge in [0.15, 0.2) is 0 Å². The molecule has 0 unspecified atom stereocenters. The van der Waals surface area contributed by atoms with E-state index in [1.54, 1.807) is 0 Å². The average Bonchev–Trinajstić information content (AvgIpc) is 2.95. The average molecular weight is 516 g/mol. The SMILES string of the molecule is O=C(CCC(=O)OCc1ccccc1)N[C@@H]1Cc2ccc(-c3ccccc3)cc2[C@@H](C(=O)OCCCO)C1. The van der Waals surface area contributed by atoms with Gasteiger partial charge in [-0.25, -0.2) is 0 Å². The van der Waals surface area contributed by atoms with Gasteiger partial charge in [0.05, 0.1) is 18.9 Å². The first-order valence-electron chi connectivity index (χ1n) is 13.0. The summed E-state index contributed by atoms with van der Waals surface area (Å²) >= 11 is 0. The molecular weight excluding hydrogens is 482 g/mol. The largest absolute Gasteiger partial charge is 0.465 e. The Morgan fingerprint density at radius 3 is 2.34 bits per heavy atom. The van der Waals surface area contributed by atoms with E-state index in [4.69, 9.17) is 14.6 Å². The molecule has 0 aliphatic heterocycles. The maximum atomic E-state index is 13.0. The highest BCUT2D eigenvalue weighted by Crippen LogP contribution is 2.36. The van der Waals surface area contributed by atoms with Gasteiger partial charge < -0.3 is 19.9 Å². The van der Waals surface area contributed by atoms with Crippen LogP contribution < -0.4 is 5.32 Å². The third-order valence-corrected chi connectivity index (χ3v) is 6.61. The van der Waals surface area contributed by atoms with E-state index >= 15 is 0 Å². The van der Waals surface area contributed by atoms with Gasteiger partial charge in [0.2, 0.25) is 5.91 Å². The summed E-state index contributed by atoms with van der Waals surface area (Å²) in [6.07, 6.45) is 1.34. The number of amides is 1. The van der Waals surface area contributed by atoms with Gasteiger partial charge in [-0.05, 0) is 40.7 Å². The number of hydrogen-bond donors (Lipinski definition) is 2. The van der Waals surface area contributed by atoms with Crippen molar-refractivity contribution in [2.24, 2.45) is 0 Å². The van der Waals surface area contributed by atoms with Crippen molar-refractivity contribution < 1.29 is 29.0 Å². The first kappa shape index (κ1) is 27.1. The number of carbonyl (C=O) groups is 3. The van der Waals surface area contributed by atoms with Crippen LogP contribution in [0.15, 0.2) is 78.9 Å². The summed E-state index contributed by atoms with van der Waals surface area (Å²) in [4.78, 5) is 37.8.